The van der Waals surface area contributed by atoms with Crippen LogP contribution in [0.1, 0.15) is 5.56 Å². The molecule has 0 aliphatic heterocycles. The van der Waals surface area contributed by atoms with Gasteiger partial charge in [0.1, 0.15) is 0 Å². The number of fused-ring (bicyclic) bond motifs is 1. The molecule has 0 spiro atoms. The van der Waals surface area contributed by atoms with Crippen LogP contribution in [0.25, 0.3) is 10.8 Å². The van der Waals surface area contributed by atoms with E-state index in [-0.39, 0.29) is 12.3 Å². The molecule has 7 heteroatoms. The zero-order valence-corrected chi connectivity index (χ0v) is 13.1. The quantitative estimate of drug-likeness (QED) is 0.555. The number of aliphatic hydroxyl groups is 1. The van der Waals surface area contributed by atoms with Gasteiger partial charge in [-0.25, -0.2) is 0 Å². The van der Waals surface area contributed by atoms with Crippen molar-refractivity contribution in [1.82, 2.24) is 4.98 Å². The second-order valence-electron chi connectivity index (χ2n) is 5.06. The van der Waals surface area contributed by atoms with Gasteiger partial charge in [-0.15, -0.1) is 0 Å². The van der Waals surface area contributed by atoms with Gasteiger partial charge in [0.15, 0.2) is 0 Å². The monoisotopic (exact) mass is 329 g/mol. The molecule has 1 N–H and O–H groups in total. The SMILES string of the molecule is O=[N+]([O-])c1ccc(N(CCO)Cc2ccsc2)c2ccncc12. The Kier molecular flexibility index (Phi) is 4.50. The van der Waals surface area contributed by atoms with Crippen molar-refractivity contribution in [2.45, 2.75) is 6.54 Å². The highest BCUT2D eigenvalue weighted by Gasteiger charge is 2.18. The number of non-ortho nitro benzene ring substituents is 1. The summed E-state index contributed by atoms with van der Waals surface area (Å²) in [6.45, 7) is 1.10. The zero-order valence-electron chi connectivity index (χ0n) is 12.3. The van der Waals surface area contributed by atoms with Crippen molar-refractivity contribution in [2.24, 2.45) is 0 Å². The lowest BCUT2D eigenvalue weighted by atomic mass is 10.1. The standard InChI is InChI=1S/C16H15N3O3S/c20-7-6-18(10-12-4-8-23-11-12)15-1-2-16(19(21)22)14-9-17-5-3-13(14)15/h1-5,8-9,11,20H,6-7,10H2. The molecule has 0 unspecified atom stereocenters. The van der Waals surface area contributed by atoms with Crippen LogP contribution in [0.4, 0.5) is 11.4 Å². The lowest BCUT2D eigenvalue weighted by Gasteiger charge is -2.25. The summed E-state index contributed by atoms with van der Waals surface area (Å²) >= 11 is 1.62. The van der Waals surface area contributed by atoms with Gasteiger partial charge in [0, 0.05) is 42.6 Å². The number of anilines is 1. The number of aromatic nitrogens is 1. The van der Waals surface area contributed by atoms with Crippen LogP contribution < -0.4 is 4.90 Å². The number of benzene rings is 1. The van der Waals surface area contributed by atoms with Crippen molar-refractivity contribution in [3.8, 4) is 0 Å². The predicted octanol–water partition coefficient (Wildman–Crippen LogP) is 3.20. The first-order chi connectivity index (χ1) is 11.2. The third-order valence-electron chi connectivity index (χ3n) is 3.63. The molecule has 6 nitrogen and oxygen atoms in total. The van der Waals surface area contributed by atoms with E-state index in [0.29, 0.717) is 18.5 Å². The molecule has 0 amide bonds. The molecule has 0 aliphatic carbocycles. The number of rotatable bonds is 6. The second kappa shape index (κ2) is 6.72. The van der Waals surface area contributed by atoms with Crippen LogP contribution in [0.2, 0.25) is 0 Å². The highest BCUT2D eigenvalue weighted by atomic mass is 32.1. The molecule has 118 valence electrons. The lowest BCUT2D eigenvalue weighted by Crippen LogP contribution is -2.26. The van der Waals surface area contributed by atoms with E-state index in [1.165, 1.54) is 12.3 Å². The molecule has 2 heterocycles. The second-order valence-corrected chi connectivity index (χ2v) is 5.84. The maximum Gasteiger partial charge on any atom is 0.278 e. The number of nitro benzene ring substituents is 1. The van der Waals surface area contributed by atoms with Crippen LogP contribution in [-0.2, 0) is 6.54 Å². The van der Waals surface area contributed by atoms with Gasteiger partial charge < -0.3 is 10.0 Å². The fraction of sp³-hybridized carbons (Fsp3) is 0.188. The molecule has 23 heavy (non-hydrogen) atoms. The fourth-order valence-corrected chi connectivity index (χ4v) is 3.26. The van der Waals surface area contributed by atoms with E-state index in [1.54, 1.807) is 29.7 Å². The van der Waals surface area contributed by atoms with E-state index in [4.69, 9.17) is 0 Å². The van der Waals surface area contributed by atoms with Crippen molar-refractivity contribution in [3.05, 3.63) is 63.1 Å². The molecule has 0 atom stereocenters. The number of thiophene rings is 1. The van der Waals surface area contributed by atoms with E-state index >= 15 is 0 Å². The Balaban J connectivity index is 2.09. The molecule has 0 bridgehead atoms. The molecule has 0 saturated carbocycles. The molecule has 3 aromatic rings. The summed E-state index contributed by atoms with van der Waals surface area (Å²) in [4.78, 5) is 16.8. The number of nitrogens with zero attached hydrogens (tertiary/aromatic N) is 3. The lowest BCUT2D eigenvalue weighted by molar-refractivity contribution is -0.383. The van der Waals surface area contributed by atoms with E-state index in [0.717, 1.165) is 16.6 Å². The Morgan fingerprint density at radius 2 is 2.13 bits per heavy atom. The molecule has 3 rings (SSSR count). The number of hydrogen-bond acceptors (Lipinski definition) is 6. The molecule has 0 radical (unpaired) electrons. The van der Waals surface area contributed by atoms with Crippen molar-refractivity contribution in [1.29, 1.82) is 0 Å². The maximum atomic E-state index is 11.2. The van der Waals surface area contributed by atoms with Crippen LogP contribution in [0.3, 0.4) is 0 Å². The van der Waals surface area contributed by atoms with Gasteiger partial charge in [-0.05, 0) is 34.5 Å². The number of hydrogen-bond donors (Lipinski definition) is 1. The summed E-state index contributed by atoms with van der Waals surface area (Å²) < 4.78 is 0. The predicted molar refractivity (Wildman–Crippen MR) is 90.9 cm³/mol. The fourth-order valence-electron chi connectivity index (χ4n) is 2.60. The van der Waals surface area contributed by atoms with Crippen molar-refractivity contribution < 1.29 is 10.0 Å². The first-order valence-corrected chi connectivity index (χ1v) is 8.03. The van der Waals surface area contributed by atoms with E-state index in [2.05, 4.69) is 10.4 Å². The minimum absolute atomic E-state index is 0.00764. The van der Waals surface area contributed by atoms with Gasteiger partial charge in [0.05, 0.1) is 16.9 Å². The van der Waals surface area contributed by atoms with Crippen molar-refractivity contribution >= 4 is 33.5 Å². The molecular weight excluding hydrogens is 314 g/mol. The first kappa shape index (κ1) is 15.4. The van der Waals surface area contributed by atoms with Gasteiger partial charge in [0.25, 0.3) is 5.69 Å². The van der Waals surface area contributed by atoms with E-state index in [9.17, 15) is 15.2 Å². The highest BCUT2D eigenvalue weighted by Crippen LogP contribution is 2.33. The van der Waals surface area contributed by atoms with E-state index < -0.39 is 4.92 Å². The molecule has 1 aromatic carbocycles. The van der Waals surface area contributed by atoms with E-state index in [1.807, 2.05) is 16.3 Å². The van der Waals surface area contributed by atoms with Crippen LogP contribution in [0.15, 0.2) is 47.4 Å². The zero-order chi connectivity index (χ0) is 16.2. The van der Waals surface area contributed by atoms with Crippen molar-refractivity contribution in [3.63, 3.8) is 0 Å². The Labute approximate surface area is 136 Å². The summed E-state index contributed by atoms with van der Waals surface area (Å²) in [6.07, 6.45) is 3.13. The molecule has 0 saturated heterocycles. The summed E-state index contributed by atoms with van der Waals surface area (Å²) in [5.74, 6) is 0. The smallest absolute Gasteiger partial charge is 0.278 e. The molecule has 0 aliphatic rings. The Morgan fingerprint density at radius 3 is 2.83 bits per heavy atom. The number of pyridine rings is 1. The Morgan fingerprint density at radius 1 is 1.26 bits per heavy atom. The number of aliphatic hydroxyl groups excluding tert-OH is 1. The summed E-state index contributed by atoms with van der Waals surface area (Å²) in [6, 6.07) is 7.04. The van der Waals surface area contributed by atoms with Gasteiger partial charge in [-0.1, -0.05) is 0 Å². The molecular formula is C16H15N3O3S. The van der Waals surface area contributed by atoms with Crippen molar-refractivity contribution in [2.75, 3.05) is 18.1 Å². The highest BCUT2D eigenvalue weighted by molar-refractivity contribution is 7.07. The molecule has 2 aromatic heterocycles. The minimum atomic E-state index is -0.400. The van der Waals surface area contributed by atoms with Crippen LogP contribution in [0, 0.1) is 10.1 Å². The Bertz CT molecular complexity index is 821. The van der Waals surface area contributed by atoms with Crippen LogP contribution in [-0.4, -0.2) is 28.2 Å². The largest absolute Gasteiger partial charge is 0.395 e. The first-order valence-electron chi connectivity index (χ1n) is 7.08. The number of nitro groups is 1. The maximum absolute atomic E-state index is 11.2. The van der Waals surface area contributed by atoms with Gasteiger partial charge in [-0.2, -0.15) is 11.3 Å². The van der Waals surface area contributed by atoms with Gasteiger partial charge >= 0.3 is 0 Å². The summed E-state index contributed by atoms with van der Waals surface area (Å²) in [5, 5.41) is 25.9. The summed E-state index contributed by atoms with van der Waals surface area (Å²) in [5.41, 5.74) is 2.04. The Hall–Kier alpha value is -2.51. The normalized spacial score (nSPS) is 10.8. The summed E-state index contributed by atoms with van der Waals surface area (Å²) in [7, 11) is 0. The average molecular weight is 329 g/mol. The third kappa shape index (κ3) is 3.15. The van der Waals surface area contributed by atoms with Gasteiger partial charge in [-0.3, -0.25) is 15.1 Å². The topological polar surface area (TPSA) is 79.5 Å². The average Bonchev–Trinajstić information content (AvgIpc) is 3.06. The van der Waals surface area contributed by atoms with Crippen LogP contribution >= 0.6 is 11.3 Å². The minimum Gasteiger partial charge on any atom is -0.395 e. The van der Waals surface area contributed by atoms with Crippen LogP contribution in [0.5, 0.6) is 0 Å². The van der Waals surface area contributed by atoms with Gasteiger partial charge in [0.2, 0.25) is 0 Å². The third-order valence-corrected chi connectivity index (χ3v) is 4.36. The molecule has 0 fully saturated rings.